The highest BCUT2D eigenvalue weighted by Crippen LogP contribution is 2.30. The minimum Gasteiger partial charge on any atom is -0.463 e. The van der Waals surface area contributed by atoms with E-state index in [1.165, 1.54) is 26.0 Å². The zero-order valence-electron chi connectivity index (χ0n) is 18.7. The van der Waals surface area contributed by atoms with E-state index in [9.17, 15) is 24.0 Å². The second-order valence-corrected chi connectivity index (χ2v) is 8.38. The zero-order valence-corrected chi connectivity index (χ0v) is 19.5. The number of ether oxygens (including phenoxy) is 5. The molecule has 184 valence electrons. The highest BCUT2D eigenvalue weighted by Gasteiger charge is 2.52. The molecule has 2 aromatic rings. The van der Waals surface area contributed by atoms with E-state index in [2.05, 4.69) is 5.32 Å². The van der Waals surface area contributed by atoms with Crippen LogP contribution >= 0.6 is 11.3 Å². The van der Waals surface area contributed by atoms with Crippen molar-refractivity contribution in [2.45, 2.75) is 58.3 Å². The summed E-state index contributed by atoms with van der Waals surface area (Å²) in [7, 11) is 0. The quantitative estimate of drug-likeness (QED) is 0.428. The third kappa shape index (κ3) is 6.32. The summed E-state index contributed by atoms with van der Waals surface area (Å²) in [4.78, 5) is 58.0. The summed E-state index contributed by atoms with van der Waals surface area (Å²) in [5.74, 6) is -2.28. The fourth-order valence-corrected chi connectivity index (χ4v) is 4.15. The Bertz CT molecular complexity index is 1140. The first kappa shape index (κ1) is 25.2. The number of nitrogens with one attached hydrogen (secondary N) is 1. The molecule has 0 radical (unpaired) electrons. The van der Waals surface area contributed by atoms with Gasteiger partial charge in [-0.2, -0.15) is 0 Å². The van der Waals surface area contributed by atoms with Crippen molar-refractivity contribution in [3.8, 4) is 5.75 Å². The molecule has 0 aliphatic carbocycles. The highest BCUT2D eigenvalue weighted by molar-refractivity contribution is 7.16. The molecule has 1 amide bonds. The number of fused-ring (bicyclic) bond motifs is 1. The second-order valence-electron chi connectivity index (χ2n) is 7.40. The number of hydrogen-bond acceptors (Lipinski definition) is 12. The smallest absolute Gasteiger partial charge is 0.396 e. The molecule has 0 bridgehead atoms. The van der Waals surface area contributed by atoms with Gasteiger partial charge in [-0.3, -0.25) is 19.2 Å². The maximum absolute atomic E-state index is 12.0. The van der Waals surface area contributed by atoms with Crippen molar-refractivity contribution in [3.63, 3.8) is 0 Å². The summed E-state index contributed by atoms with van der Waals surface area (Å²) >= 11 is 0.871. The molecule has 0 unspecified atom stereocenters. The molecule has 2 heterocycles. The predicted molar refractivity (Wildman–Crippen MR) is 115 cm³/mol. The van der Waals surface area contributed by atoms with Gasteiger partial charge in [0.05, 0.1) is 4.70 Å². The van der Waals surface area contributed by atoms with Crippen LogP contribution in [0.5, 0.6) is 5.75 Å². The first-order valence-corrected chi connectivity index (χ1v) is 11.0. The average molecular weight is 497 g/mol. The highest BCUT2D eigenvalue weighted by atomic mass is 32.1. The fourth-order valence-electron chi connectivity index (χ4n) is 3.45. The van der Waals surface area contributed by atoms with E-state index in [4.69, 9.17) is 28.1 Å². The number of carbonyl (C=O) groups excluding carboxylic acids is 4. The summed E-state index contributed by atoms with van der Waals surface area (Å²) in [5.41, 5.74) is 0.366. The van der Waals surface area contributed by atoms with E-state index >= 15 is 0 Å². The Labute approximate surface area is 197 Å². The first-order chi connectivity index (χ1) is 16.0. The normalized spacial score (nSPS) is 24.2. The van der Waals surface area contributed by atoms with Crippen molar-refractivity contribution < 1.29 is 47.3 Å². The zero-order chi connectivity index (χ0) is 25.0. The van der Waals surface area contributed by atoms with Crippen molar-refractivity contribution in [3.05, 3.63) is 27.9 Å². The van der Waals surface area contributed by atoms with Gasteiger partial charge in [-0.05, 0) is 12.1 Å². The van der Waals surface area contributed by atoms with Crippen LogP contribution in [0.2, 0.25) is 0 Å². The SMILES string of the molecule is CC(=O)N[C@@H]1[C@@H](Oc2ccc3oc(=O)sc3c2)O[C@@H](COC(C)=O)[C@@H](OC(C)=O)[C@H]1OC(C)=O. The molecule has 1 N–H and O–H groups in total. The Morgan fingerprint density at radius 3 is 2.29 bits per heavy atom. The molecule has 3 rings (SSSR count). The molecule has 1 aliphatic heterocycles. The minimum atomic E-state index is -1.26. The summed E-state index contributed by atoms with van der Waals surface area (Å²) < 4.78 is 33.2. The molecule has 1 fully saturated rings. The van der Waals surface area contributed by atoms with Crippen LogP contribution in [0.25, 0.3) is 10.3 Å². The van der Waals surface area contributed by atoms with Crippen molar-refractivity contribution in [2.75, 3.05) is 6.61 Å². The van der Waals surface area contributed by atoms with Gasteiger partial charge in [0.1, 0.15) is 30.1 Å². The standard InChI is InChI=1S/C21H23NO11S/c1-9(23)22-17-19(30-12(4)26)18(29-11(3)25)15(8-28-10(2)24)32-20(17)31-13-5-6-14-16(7-13)34-21(27)33-14/h5-7,15,17-20H,8H2,1-4H3,(H,22,23)/t15-,17-,18+,19-,20-/m0/s1. The molecule has 12 nitrogen and oxygen atoms in total. The predicted octanol–water partition coefficient (Wildman–Crippen LogP) is 0.889. The van der Waals surface area contributed by atoms with Crippen LogP contribution in [0.4, 0.5) is 0 Å². The van der Waals surface area contributed by atoms with Crippen molar-refractivity contribution >= 4 is 45.4 Å². The number of rotatable bonds is 7. The van der Waals surface area contributed by atoms with Crippen LogP contribution in [0, 0.1) is 0 Å². The molecular weight excluding hydrogens is 474 g/mol. The Hall–Kier alpha value is -3.45. The summed E-state index contributed by atoms with van der Waals surface area (Å²) in [5, 5.41) is 2.61. The lowest BCUT2D eigenvalue weighted by molar-refractivity contribution is -0.257. The van der Waals surface area contributed by atoms with Crippen LogP contribution in [0.15, 0.2) is 27.4 Å². The molecule has 0 saturated carbocycles. The van der Waals surface area contributed by atoms with Crippen LogP contribution in [-0.4, -0.2) is 61.1 Å². The van der Waals surface area contributed by atoms with Gasteiger partial charge in [0.25, 0.3) is 0 Å². The number of hydrogen-bond donors (Lipinski definition) is 1. The van der Waals surface area contributed by atoms with E-state index in [-0.39, 0.29) is 12.4 Å². The van der Waals surface area contributed by atoms with Gasteiger partial charge in [0, 0.05) is 33.8 Å². The maximum Gasteiger partial charge on any atom is 0.396 e. The van der Waals surface area contributed by atoms with Gasteiger partial charge in [0.15, 0.2) is 12.2 Å². The van der Waals surface area contributed by atoms with Gasteiger partial charge in [-0.1, -0.05) is 11.3 Å². The largest absolute Gasteiger partial charge is 0.463 e. The summed E-state index contributed by atoms with van der Waals surface area (Å²) in [6.07, 6.45) is -4.82. The van der Waals surface area contributed by atoms with E-state index in [1.54, 1.807) is 6.07 Å². The number of carbonyl (C=O) groups is 4. The number of esters is 3. The average Bonchev–Trinajstić information content (AvgIpc) is 3.09. The van der Waals surface area contributed by atoms with Gasteiger partial charge in [-0.15, -0.1) is 0 Å². The lowest BCUT2D eigenvalue weighted by Crippen LogP contribution is -2.67. The fraction of sp³-hybridized carbons (Fsp3) is 0.476. The first-order valence-electron chi connectivity index (χ1n) is 10.1. The summed E-state index contributed by atoms with van der Waals surface area (Å²) in [6.45, 7) is 4.38. The lowest BCUT2D eigenvalue weighted by Gasteiger charge is -2.44. The van der Waals surface area contributed by atoms with Crippen molar-refractivity contribution in [1.82, 2.24) is 5.32 Å². The van der Waals surface area contributed by atoms with Crippen molar-refractivity contribution in [2.24, 2.45) is 0 Å². The van der Waals surface area contributed by atoms with Gasteiger partial charge in [0.2, 0.25) is 12.2 Å². The van der Waals surface area contributed by atoms with Crippen LogP contribution in [0.1, 0.15) is 27.7 Å². The van der Waals surface area contributed by atoms with Crippen molar-refractivity contribution in [1.29, 1.82) is 0 Å². The molecule has 1 aromatic heterocycles. The van der Waals surface area contributed by atoms with Gasteiger partial charge in [-0.25, -0.2) is 4.79 Å². The van der Waals surface area contributed by atoms with Crippen LogP contribution in [0.3, 0.4) is 0 Å². The third-order valence-corrected chi connectivity index (χ3v) is 5.41. The monoisotopic (exact) mass is 497 g/mol. The van der Waals surface area contributed by atoms with E-state index in [0.717, 1.165) is 25.2 Å². The van der Waals surface area contributed by atoms with Crippen LogP contribution in [-0.2, 0) is 38.1 Å². The molecule has 1 aromatic carbocycles. The van der Waals surface area contributed by atoms with E-state index in [0.29, 0.717) is 10.3 Å². The van der Waals surface area contributed by atoms with Crippen LogP contribution < -0.4 is 15.0 Å². The Morgan fingerprint density at radius 2 is 1.68 bits per heavy atom. The molecule has 0 spiro atoms. The summed E-state index contributed by atoms with van der Waals surface area (Å²) in [6, 6.07) is 3.48. The molecule has 5 atom stereocenters. The lowest BCUT2D eigenvalue weighted by atomic mass is 9.96. The molecular formula is C21H23NO11S. The molecule has 34 heavy (non-hydrogen) atoms. The Balaban J connectivity index is 1.99. The Morgan fingerprint density at radius 1 is 1.00 bits per heavy atom. The van der Waals surface area contributed by atoms with Gasteiger partial charge < -0.3 is 33.4 Å². The van der Waals surface area contributed by atoms with Gasteiger partial charge >= 0.3 is 22.8 Å². The molecule has 1 aliphatic rings. The third-order valence-electron chi connectivity index (χ3n) is 4.63. The molecule has 1 saturated heterocycles. The number of amides is 1. The molecule has 13 heteroatoms. The number of benzene rings is 1. The minimum absolute atomic E-state index is 0.253. The second kappa shape index (κ2) is 10.7. The topological polar surface area (TPSA) is 157 Å². The van der Waals surface area contributed by atoms with E-state index < -0.39 is 59.4 Å². The Kier molecular flexibility index (Phi) is 7.89. The maximum atomic E-state index is 12.0. The van der Waals surface area contributed by atoms with E-state index in [1.807, 2.05) is 0 Å².